The van der Waals surface area contributed by atoms with Crippen molar-refractivity contribution in [2.24, 2.45) is 5.73 Å². The van der Waals surface area contributed by atoms with Crippen LogP contribution in [0.4, 0.5) is 9.59 Å². The van der Waals surface area contributed by atoms with E-state index in [4.69, 9.17) is 0 Å². The summed E-state index contributed by atoms with van der Waals surface area (Å²) < 4.78 is 0. The Hall–Kier alpha value is -1.79. The van der Waals surface area contributed by atoms with E-state index in [0.29, 0.717) is 5.01 Å². The molecule has 7 heteroatoms. The van der Waals surface area contributed by atoms with Crippen molar-refractivity contribution in [2.75, 3.05) is 6.54 Å². The van der Waals surface area contributed by atoms with Gasteiger partial charge >= 0.3 is 12.1 Å². The first kappa shape index (κ1) is 7.32. The summed E-state index contributed by atoms with van der Waals surface area (Å²) in [5, 5.41) is 2.72. The van der Waals surface area contributed by atoms with Gasteiger partial charge in [-0.3, -0.25) is 4.79 Å². The zero-order chi connectivity index (χ0) is 8.43. The zero-order valence-electron chi connectivity index (χ0n) is 5.46. The lowest BCUT2D eigenvalue weighted by atomic mass is 10.6. The van der Waals surface area contributed by atoms with E-state index in [2.05, 4.69) is 11.1 Å². The molecule has 1 fully saturated rings. The quantitative estimate of drug-likeness (QED) is 0.389. The number of hydrazine groups is 1. The Morgan fingerprint density at radius 2 is 2.27 bits per heavy atom. The fourth-order valence-corrected chi connectivity index (χ4v) is 0.646. The largest absolute Gasteiger partial charge is 0.350 e. The Labute approximate surface area is 61.5 Å². The standard InChI is InChI=1S/C4H6N4O3/c5-3(10)7-8-2(9)1-6-4(8)11/h1H2,(H,6,11)(H3,5,7,10). The van der Waals surface area contributed by atoms with E-state index in [-0.39, 0.29) is 6.54 Å². The molecule has 0 atom stereocenters. The van der Waals surface area contributed by atoms with E-state index in [1.54, 1.807) is 0 Å². The summed E-state index contributed by atoms with van der Waals surface area (Å²) in [6, 6.07) is -1.62. The molecule has 0 aromatic heterocycles. The highest BCUT2D eigenvalue weighted by atomic mass is 16.2. The van der Waals surface area contributed by atoms with Crippen molar-refractivity contribution in [1.29, 1.82) is 0 Å². The molecule has 0 aromatic rings. The van der Waals surface area contributed by atoms with Gasteiger partial charge in [-0.25, -0.2) is 15.0 Å². The molecular formula is C4H6N4O3. The van der Waals surface area contributed by atoms with Gasteiger partial charge in [0.25, 0.3) is 5.91 Å². The lowest BCUT2D eigenvalue weighted by Crippen LogP contribution is -2.48. The summed E-state index contributed by atoms with van der Waals surface area (Å²) in [6.07, 6.45) is 0. The van der Waals surface area contributed by atoms with E-state index in [1.807, 2.05) is 5.43 Å². The number of nitrogens with two attached hydrogens (primary N) is 1. The number of primary amides is 1. The third kappa shape index (κ3) is 1.37. The van der Waals surface area contributed by atoms with Crippen molar-refractivity contribution in [1.82, 2.24) is 15.8 Å². The molecule has 0 spiro atoms. The van der Waals surface area contributed by atoms with Crippen LogP contribution in [0.3, 0.4) is 0 Å². The van der Waals surface area contributed by atoms with Gasteiger partial charge in [-0.1, -0.05) is 0 Å². The molecule has 0 bridgehead atoms. The minimum Gasteiger partial charge on any atom is -0.350 e. The number of amides is 5. The second-order valence-electron chi connectivity index (χ2n) is 1.86. The summed E-state index contributed by atoms with van der Waals surface area (Å²) in [7, 11) is 0. The minimum atomic E-state index is -0.949. The number of urea groups is 2. The molecule has 1 heterocycles. The zero-order valence-corrected chi connectivity index (χ0v) is 5.46. The molecule has 0 aromatic carbocycles. The van der Waals surface area contributed by atoms with Gasteiger partial charge in [0.2, 0.25) is 0 Å². The summed E-state index contributed by atoms with van der Waals surface area (Å²) in [5.74, 6) is -0.534. The molecule has 1 aliphatic heterocycles. The molecule has 1 aliphatic rings. The van der Waals surface area contributed by atoms with Crippen LogP contribution in [-0.2, 0) is 4.79 Å². The second kappa shape index (κ2) is 2.45. The van der Waals surface area contributed by atoms with Crippen molar-refractivity contribution in [3.05, 3.63) is 0 Å². The van der Waals surface area contributed by atoms with E-state index in [9.17, 15) is 14.4 Å². The molecule has 4 N–H and O–H groups in total. The highest BCUT2D eigenvalue weighted by Crippen LogP contribution is 1.92. The van der Waals surface area contributed by atoms with Gasteiger partial charge in [0.15, 0.2) is 0 Å². The summed E-state index contributed by atoms with van der Waals surface area (Å²) in [5.41, 5.74) is 6.52. The lowest BCUT2D eigenvalue weighted by molar-refractivity contribution is -0.126. The number of carbonyl (C=O) groups excluding carboxylic acids is 3. The van der Waals surface area contributed by atoms with E-state index in [0.717, 1.165) is 0 Å². The Morgan fingerprint density at radius 3 is 2.64 bits per heavy atom. The molecule has 0 saturated carbocycles. The molecular weight excluding hydrogens is 152 g/mol. The van der Waals surface area contributed by atoms with Crippen molar-refractivity contribution >= 4 is 18.0 Å². The predicted molar refractivity (Wildman–Crippen MR) is 33.0 cm³/mol. The predicted octanol–water partition coefficient (Wildman–Crippen LogP) is -1.88. The fourth-order valence-electron chi connectivity index (χ4n) is 0.646. The first-order valence-electron chi connectivity index (χ1n) is 2.78. The molecule has 5 amide bonds. The average molecular weight is 158 g/mol. The number of nitrogens with one attached hydrogen (secondary N) is 2. The Morgan fingerprint density at radius 1 is 1.64 bits per heavy atom. The molecule has 11 heavy (non-hydrogen) atoms. The maximum absolute atomic E-state index is 10.7. The highest BCUT2D eigenvalue weighted by molar-refractivity contribution is 6.02. The van der Waals surface area contributed by atoms with E-state index >= 15 is 0 Å². The Balaban J connectivity index is 2.62. The van der Waals surface area contributed by atoms with Gasteiger partial charge in [0.1, 0.15) is 6.54 Å². The number of rotatable bonds is 1. The molecule has 0 unspecified atom stereocenters. The molecule has 0 aliphatic carbocycles. The summed E-state index contributed by atoms with van der Waals surface area (Å²) >= 11 is 0. The number of carbonyl (C=O) groups is 3. The first-order valence-corrected chi connectivity index (χ1v) is 2.78. The van der Waals surface area contributed by atoms with Gasteiger partial charge in [-0.15, -0.1) is 0 Å². The maximum atomic E-state index is 10.7. The second-order valence-corrected chi connectivity index (χ2v) is 1.86. The van der Waals surface area contributed by atoms with Gasteiger partial charge in [0, 0.05) is 0 Å². The lowest BCUT2D eigenvalue weighted by Gasteiger charge is -2.10. The van der Waals surface area contributed by atoms with E-state index < -0.39 is 18.0 Å². The first-order chi connectivity index (χ1) is 5.11. The van der Waals surface area contributed by atoms with Crippen LogP contribution in [0.25, 0.3) is 0 Å². The number of nitrogens with zero attached hydrogens (tertiary/aromatic N) is 1. The number of hydrogen-bond donors (Lipinski definition) is 3. The molecule has 0 radical (unpaired) electrons. The van der Waals surface area contributed by atoms with Crippen LogP contribution < -0.4 is 16.5 Å². The maximum Gasteiger partial charge on any atom is 0.343 e. The van der Waals surface area contributed by atoms with Crippen molar-refractivity contribution in [3.8, 4) is 0 Å². The van der Waals surface area contributed by atoms with Crippen LogP contribution in [0.5, 0.6) is 0 Å². The van der Waals surface area contributed by atoms with Crippen molar-refractivity contribution in [3.63, 3.8) is 0 Å². The van der Waals surface area contributed by atoms with Gasteiger partial charge in [-0.05, 0) is 0 Å². The number of imide groups is 1. The van der Waals surface area contributed by atoms with Gasteiger partial charge in [0.05, 0.1) is 0 Å². The smallest absolute Gasteiger partial charge is 0.343 e. The average Bonchev–Trinajstić information content (AvgIpc) is 2.18. The SMILES string of the molecule is NC(=O)NN1C(=O)CNC1=O. The van der Waals surface area contributed by atoms with Crippen LogP contribution >= 0.6 is 0 Å². The van der Waals surface area contributed by atoms with Crippen LogP contribution in [0.1, 0.15) is 0 Å². The van der Waals surface area contributed by atoms with Gasteiger partial charge < -0.3 is 11.1 Å². The minimum absolute atomic E-state index is 0.112. The third-order valence-corrected chi connectivity index (χ3v) is 1.07. The Bertz CT molecular complexity index is 209. The molecule has 1 saturated heterocycles. The van der Waals surface area contributed by atoms with Crippen LogP contribution in [0, 0.1) is 0 Å². The fraction of sp³-hybridized carbons (Fsp3) is 0.250. The summed E-state index contributed by atoms with van der Waals surface area (Å²) in [4.78, 5) is 31.5. The van der Waals surface area contributed by atoms with Crippen LogP contribution in [-0.4, -0.2) is 29.5 Å². The number of hydrogen-bond acceptors (Lipinski definition) is 3. The van der Waals surface area contributed by atoms with E-state index in [1.165, 1.54) is 0 Å². The monoisotopic (exact) mass is 158 g/mol. The Kier molecular flexibility index (Phi) is 1.63. The van der Waals surface area contributed by atoms with Crippen LogP contribution in [0.15, 0.2) is 0 Å². The van der Waals surface area contributed by atoms with Crippen molar-refractivity contribution in [2.45, 2.75) is 0 Å². The molecule has 1 rings (SSSR count). The van der Waals surface area contributed by atoms with Crippen LogP contribution in [0.2, 0.25) is 0 Å². The van der Waals surface area contributed by atoms with Crippen molar-refractivity contribution < 1.29 is 14.4 Å². The normalized spacial score (nSPS) is 16.5. The molecule has 7 nitrogen and oxygen atoms in total. The summed E-state index contributed by atoms with van der Waals surface area (Å²) in [6.45, 7) is -0.112. The topological polar surface area (TPSA) is 105 Å². The third-order valence-electron chi connectivity index (χ3n) is 1.07. The highest BCUT2D eigenvalue weighted by Gasteiger charge is 2.29. The molecule has 60 valence electrons. The van der Waals surface area contributed by atoms with Gasteiger partial charge in [-0.2, -0.15) is 5.01 Å².